The van der Waals surface area contributed by atoms with Crippen molar-refractivity contribution in [3.63, 3.8) is 0 Å². The van der Waals surface area contributed by atoms with Crippen LogP contribution in [0.25, 0.3) is 0 Å². The lowest BCUT2D eigenvalue weighted by atomic mass is 10.2. The Bertz CT molecular complexity index is 704. The summed E-state index contributed by atoms with van der Waals surface area (Å²) in [5.74, 6) is -1.18. The minimum Gasteiger partial charge on any atom is -0.326 e. The maximum atomic E-state index is 13.0. The number of anilines is 2. The van der Waals surface area contributed by atoms with Crippen LogP contribution in [0, 0.1) is 5.82 Å². The number of nitrogens with one attached hydrogen (secondary N) is 2. The van der Waals surface area contributed by atoms with Crippen LogP contribution in [0.3, 0.4) is 0 Å². The van der Waals surface area contributed by atoms with Gasteiger partial charge in [-0.05, 0) is 36.4 Å². The Labute approximate surface area is 125 Å². The topological polar surface area (TPSA) is 58.2 Å². The number of amides is 2. The molecular weight excluding hydrogens is 295 g/mol. The van der Waals surface area contributed by atoms with E-state index in [1.165, 1.54) is 13.0 Å². The second-order valence-electron chi connectivity index (χ2n) is 4.34. The van der Waals surface area contributed by atoms with Crippen molar-refractivity contribution in [2.75, 3.05) is 10.6 Å². The van der Waals surface area contributed by atoms with Gasteiger partial charge in [-0.15, -0.1) is 0 Å². The first-order valence-corrected chi connectivity index (χ1v) is 6.47. The third-order valence-electron chi connectivity index (χ3n) is 2.62. The summed E-state index contributed by atoms with van der Waals surface area (Å²) in [5, 5.41) is 5.28. The van der Waals surface area contributed by atoms with Crippen LogP contribution in [-0.2, 0) is 4.79 Å². The molecule has 0 bridgehead atoms. The third kappa shape index (κ3) is 4.03. The molecule has 0 unspecified atom stereocenters. The lowest BCUT2D eigenvalue weighted by Crippen LogP contribution is -2.13. The maximum Gasteiger partial charge on any atom is 0.257 e. The van der Waals surface area contributed by atoms with Gasteiger partial charge >= 0.3 is 0 Å². The Balaban J connectivity index is 2.17. The molecule has 0 saturated carbocycles. The van der Waals surface area contributed by atoms with E-state index in [0.717, 1.165) is 12.1 Å². The van der Waals surface area contributed by atoms with Crippen molar-refractivity contribution in [3.05, 3.63) is 58.9 Å². The van der Waals surface area contributed by atoms with Crippen LogP contribution in [-0.4, -0.2) is 11.8 Å². The van der Waals surface area contributed by atoms with Crippen molar-refractivity contribution >= 4 is 34.8 Å². The summed E-state index contributed by atoms with van der Waals surface area (Å²) in [5.41, 5.74) is 1.22. The zero-order valence-electron chi connectivity index (χ0n) is 11.1. The van der Waals surface area contributed by atoms with Gasteiger partial charge in [0.05, 0.1) is 10.6 Å². The van der Waals surface area contributed by atoms with Crippen LogP contribution in [0.1, 0.15) is 17.3 Å². The fraction of sp³-hybridized carbons (Fsp3) is 0.0667. The molecule has 0 atom stereocenters. The molecule has 2 N–H and O–H groups in total. The van der Waals surface area contributed by atoms with E-state index in [0.29, 0.717) is 11.4 Å². The molecule has 108 valence electrons. The summed E-state index contributed by atoms with van der Waals surface area (Å²) in [6.45, 7) is 1.39. The summed E-state index contributed by atoms with van der Waals surface area (Å²) in [6.07, 6.45) is 0. The first kappa shape index (κ1) is 15.0. The Morgan fingerprint density at radius 3 is 2.33 bits per heavy atom. The molecule has 0 heterocycles. The molecule has 0 aromatic heterocycles. The number of hydrogen-bond acceptors (Lipinski definition) is 2. The molecule has 0 saturated heterocycles. The van der Waals surface area contributed by atoms with Gasteiger partial charge in [-0.2, -0.15) is 0 Å². The lowest BCUT2D eigenvalue weighted by Gasteiger charge is -2.09. The van der Waals surface area contributed by atoms with E-state index in [1.54, 1.807) is 24.3 Å². The van der Waals surface area contributed by atoms with Crippen LogP contribution in [0.4, 0.5) is 15.8 Å². The Kier molecular flexibility index (Phi) is 4.55. The highest BCUT2D eigenvalue weighted by molar-refractivity contribution is 6.34. The van der Waals surface area contributed by atoms with Gasteiger partial charge in [-0.25, -0.2) is 4.39 Å². The van der Waals surface area contributed by atoms with Crippen LogP contribution >= 0.6 is 11.6 Å². The van der Waals surface area contributed by atoms with Crippen molar-refractivity contribution in [2.24, 2.45) is 0 Å². The molecular formula is C15H12ClFN2O2. The Hall–Kier alpha value is -2.40. The number of carbonyl (C=O) groups is 2. The van der Waals surface area contributed by atoms with Gasteiger partial charge in [0, 0.05) is 18.3 Å². The second-order valence-corrected chi connectivity index (χ2v) is 4.75. The molecule has 2 amide bonds. The van der Waals surface area contributed by atoms with E-state index < -0.39 is 11.7 Å². The van der Waals surface area contributed by atoms with E-state index >= 15 is 0 Å². The molecule has 0 spiro atoms. The zero-order valence-corrected chi connectivity index (χ0v) is 11.9. The van der Waals surface area contributed by atoms with Gasteiger partial charge < -0.3 is 10.6 Å². The van der Waals surface area contributed by atoms with Crippen LogP contribution in [0.15, 0.2) is 42.5 Å². The third-order valence-corrected chi connectivity index (χ3v) is 2.93. The molecule has 6 heteroatoms. The summed E-state index contributed by atoms with van der Waals surface area (Å²) >= 11 is 5.83. The minimum absolute atomic E-state index is 0.0329. The number of halogens is 2. The van der Waals surface area contributed by atoms with Crippen LogP contribution in [0.2, 0.25) is 5.02 Å². The van der Waals surface area contributed by atoms with Gasteiger partial charge in [-0.3, -0.25) is 9.59 Å². The highest BCUT2D eigenvalue weighted by Gasteiger charge is 2.11. The number of hydrogen-bond donors (Lipinski definition) is 2. The Morgan fingerprint density at radius 2 is 1.71 bits per heavy atom. The highest BCUT2D eigenvalue weighted by atomic mass is 35.5. The van der Waals surface area contributed by atoms with E-state index in [-0.39, 0.29) is 16.5 Å². The standard InChI is InChI=1S/C15H12ClFN2O2/c1-9(20)18-11-3-2-4-12(8-11)19-15(21)13-6-5-10(17)7-14(13)16/h2-8H,1H3,(H,18,20)(H,19,21). The highest BCUT2D eigenvalue weighted by Crippen LogP contribution is 2.20. The van der Waals surface area contributed by atoms with Gasteiger partial charge in [0.2, 0.25) is 5.91 Å². The summed E-state index contributed by atoms with van der Waals surface area (Å²) in [7, 11) is 0. The average Bonchev–Trinajstić information content (AvgIpc) is 2.37. The van der Waals surface area contributed by atoms with E-state index in [9.17, 15) is 14.0 Å². The molecule has 2 aromatic carbocycles. The van der Waals surface area contributed by atoms with Crippen molar-refractivity contribution in [2.45, 2.75) is 6.92 Å². The predicted molar refractivity (Wildman–Crippen MR) is 80.1 cm³/mol. The summed E-state index contributed by atoms with van der Waals surface area (Å²) < 4.78 is 13.0. The summed E-state index contributed by atoms with van der Waals surface area (Å²) in [4.78, 5) is 23.1. The van der Waals surface area contributed by atoms with Crippen molar-refractivity contribution in [3.8, 4) is 0 Å². The summed E-state index contributed by atoms with van der Waals surface area (Å²) in [6, 6.07) is 10.2. The van der Waals surface area contributed by atoms with E-state index in [4.69, 9.17) is 11.6 Å². The molecule has 2 rings (SSSR count). The van der Waals surface area contributed by atoms with Gasteiger partial charge in [0.25, 0.3) is 5.91 Å². The fourth-order valence-electron chi connectivity index (χ4n) is 1.75. The normalized spacial score (nSPS) is 10.0. The monoisotopic (exact) mass is 306 g/mol. The molecule has 0 aliphatic rings. The fourth-order valence-corrected chi connectivity index (χ4v) is 2.00. The van der Waals surface area contributed by atoms with E-state index in [2.05, 4.69) is 10.6 Å². The van der Waals surface area contributed by atoms with Crippen molar-refractivity contribution in [1.82, 2.24) is 0 Å². The van der Waals surface area contributed by atoms with Crippen LogP contribution in [0.5, 0.6) is 0 Å². The lowest BCUT2D eigenvalue weighted by molar-refractivity contribution is -0.114. The Morgan fingerprint density at radius 1 is 1.05 bits per heavy atom. The first-order chi connectivity index (χ1) is 9.95. The number of benzene rings is 2. The molecule has 0 aliphatic heterocycles. The minimum atomic E-state index is -0.510. The van der Waals surface area contributed by atoms with Gasteiger partial charge in [0.1, 0.15) is 5.82 Å². The molecule has 2 aromatic rings. The van der Waals surface area contributed by atoms with Gasteiger partial charge in [-0.1, -0.05) is 17.7 Å². The van der Waals surface area contributed by atoms with Gasteiger partial charge in [0.15, 0.2) is 0 Å². The number of carbonyl (C=O) groups excluding carboxylic acids is 2. The maximum absolute atomic E-state index is 13.0. The first-order valence-electron chi connectivity index (χ1n) is 6.10. The quantitative estimate of drug-likeness (QED) is 0.908. The number of rotatable bonds is 3. The van der Waals surface area contributed by atoms with Crippen molar-refractivity contribution in [1.29, 1.82) is 0 Å². The molecule has 4 nitrogen and oxygen atoms in total. The molecule has 0 fully saturated rings. The second kappa shape index (κ2) is 6.37. The molecule has 0 aliphatic carbocycles. The predicted octanol–water partition coefficient (Wildman–Crippen LogP) is 3.69. The smallest absolute Gasteiger partial charge is 0.257 e. The molecule has 0 radical (unpaired) electrons. The SMILES string of the molecule is CC(=O)Nc1cccc(NC(=O)c2ccc(F)cc2Cl)c1. The largest absolute Gasteiger partial charge is 0.326 e. The zero-order chi connectivity index (χ0) is 15.4. The van der Waals surface area contributed by atoms with Crippen LogP contribution < -0.4 is 10.6 Å². The van der Waals surface area contributed by atoms with Crippen molar-refractivity contribution < 1.29 is 14.0 Å². The molecule has 21 heavy (non-hydrogen) atoms. The van der Waals surface area contributed by atoms with E-state index in [1.807, 2.05) is 0 Å². The average molecular weight is 307 g/mol.